The fourth-order valence-electron chi connectivity index (χ4n) is 1.91. The summed E-state index contributed by atoms with van der Waals surface area (Å²) in [5.41, 5.74) is 0.939. The van der Waals surface area contributed by atoms with Crippen molar-refractivity contribution >= 4 is 33.8 Å². The van der Waals surface area contributed by atoms with Crippen molar-refractivity contribution in [3.63, 3.8) is 0 Å². The first-order chi connectivity index (χ1) is 10.6. The summed E-state index contributed by atoms with van der Waals surface area (Å²) >= 11 is 3.40. The number of benzene rings is 1. The van der Waals surface area contributed by atoms with Gasteiger partial charge in [-0.2, -0.15) is 0 Å². The first-order valence-corrected chi connectivity index (χ1v) is 8.35. The highest BCUT2D eigenvalue weighted by molar-refractivity contribution is 9.10. The number of nitrogens with one attached hydrogen (secondary N) is 1. The normalized spacial score (nSPS) is 10.7. The van der Waals surface area contributed by atoms with Crippen molar-refractivity contribution in [2.75, 3.05) is 19.6 Å². The van der Waals surface area contributed by atoms with Crippen LogP contribution in [0.15, 0.2) is 34.8 Å². The number of hydrogen-bond acceptors (Lipinski definition) is 2. The Morgan fingerprint density at radius 2 is 2.05 bits per heavy atom. The van der Waals surface area contributed by atoms with Crippen LogP contribution in [0.2, 0.25) is 0 Å². The van der Waals surface area contributed by atoms with E-state index in [9.17, 15) is 9.59 Å². The van der Waals surface area contributed by atoms with Crippen LogP contribution in [0.4, 0.5) is 0 Å². The summed E-state index contributed by atoms with van der Waals surface area (Å²) in [6, 6.07) is 7.70. The van der Waals surface area contributed by atoms with Crippen LogP contribution >= 0.6 is 15.9 Å². The number of carbonyl (C=O) groups excluding carboxylic acids is 2. The lowest BCUT2D eigenvalue weighted by atomic mass is 10.2. The highest BCUT2D eigenvalue weighted by Crippen LogP contribution is 2.12. The first-order valence-electron chi connectivity index (χ1n) is 7.56. The van der Waals surface area contributed by atoms with E-state index in [1.807, 2.05) is 38.1 Å². The lowest BCUT2D eigenvalue weighted by Gasteiger charge is -2.19. The van der Waals surface area contributed by atoms with E-state index in [4.69, 9.17) is 0 Å². The van der Waals surface area contributed by atoms with Gasteiger partial charge in [0, 0.05) is 23.6 Å². The van der Waals surface area contributed by atoms with Gasteiger partial charge in [0.15, 0.2) is 0 Å². The molecule has 2 amide bonds. The Kier molecular flexibility index (Phi) is 8.51. The maximum atomic E-state index is 12.2. The van der Waals surface area contributed by atoms with Gasteiger partial charge in [-0.15, -0.1) is 0 Å². The topological polar surface area (TPSA) is 49.4 Å². The highest BCUT2D eigenvalue weighted by atomic mass is 79.9. The molecule has 0 aliphatic heterocycles. The third-order valence-electron chi connectivity index (χ3n) is 2.98. The summed E-state index contributed by atoms with van der Waals surface area (Å²) in [4.78, 5) is 25.6. The van der Waals surface area contributed by atoms with Gasteiger partial charge >= 0.3 is 0 Å². The highest BCUT2D eigenvalue weighted by Gasteiger charge is 2.13. The van der Waals surface area contributed by atoms with E-state index >= 15 is 0 Å². The third kappa shape index (κ3) is 6.89. The Hall–Kier alpha value is -1.62. The van der Waals surface area contributed by atoms with Gasteiger partial charge in [0.05, 0.1) is 6.54 Å². The zero-order valence-electron chi connectivity index (χ0n) is 13.1. The fraction of sp³-hybridized carbons (Fsp3) is 0.412. The van der Waals surface area contributed by atoms with Crippen LogP contribution < -0.4 is 5.32 Å². The second-order valence-corrected chi connectivity index (χ2v) is 5.91. The Labute approximate surface area is 140 Å². The molecule has 0 bridgehead atoms. The quantitative estimate of drug-likeness (QED) is 0.718. The number of hydrogen-bond donors (Lipinski definition) is 1. The zero-order valence-corrected chi connectivity index (χ0v) is 14.7. The van der Waals surface area contributed by atoms with Gasteiger partial charge in [0.2, 0.25) is 11.8 Å². The molecule has 0 radical (unpaired) electrons. The molecule has 120 valence electrons. The van der Waals surface area contributed by atoms with E-state index in [1.165, 1.54) is 6.08 Å². The summed E-state index contributed by atoms with van der Waals surface area (Å²) in [5, 5.41) is 2.79. The van der Waals surface area contributed by atoms with Crippen molar-refractivity contribution in [3.8, 4) is 0 Å². The minimum atomic E-state index is -0.145. The lowest BCUT2D eigenvalue weighted by molar-refractivity contribution is -0.132. The van der Waals surface area contributed by atoms with Crippen molar-refractivity contribution in [2.24, 2.45) is 0 Å². The molecule has 0 fully saturated rings. The van der Waals surface area contributed by atoms with Crippen LogP contribution in [0.3, 0.4) is 0 Å². The van der Waals surface area contributed by atoms with E-state index in [-0.39, 0.29) is 18.4 Å². The molecule has 1 aromatic rings. The van der Waals surface area contributed by atoms with Crippen molar-refractivity contribution < 1.29 is 9.59 Å². The summed E-state index contributed by atoms with van der Waals surface area (Å²) in [6.45, 7) is 5.30. The average Bonchev–Trinajstić information content (AvgIpc) is 2.50. The Bertz CT molecular complexity index is 529. The van der Waals surface area contributed by atoms with Gasteiger partial charge in [-0.25, -0.2) is 0 Å². The van der Waals surface area contributed by atoms with Gasteiger partial charge in [-0.3, -0.25) is 9.59 Å². The largest absolute Gasteiger partial charge is 0.355 e. The summed E-state index contributed by atoms with van der Waals surface area (Å²) < 4.78 is 0.964. The van der Waals surface area contributed by atoms with Gasteiger partial charge < -0.3 is 10.2 Å². The minimum absolute atomic E-state index is 0.107. The molecule has 1 N–H and O–H groups in total. The van der Waals surface area contributed by atoms with Crippen LogP contribution in [-0.2, 0) is 9.59 Å². The van der Waals surface area contributed by atoms with Gasteiger partial charge in [0.1, 0.15) is 0 Å². The number of nitrogens with zero attached hydrogens (tertiary/aromatic N) is 1. The fourth-order valence-corrected chi connectivity index (χ4v) is 2.33. The molecule has 0 saturated carbocycles. The SMILES string of the molecule is CCCNC(=O)CN(CCC)C(=O)C=Cc1cccc(Br)c1. The molecule has 0 saturated heterocycles. The lowest BCUT2D eigenvalue weighted by Crippen LogP contribution is -2.40. The summed E-state index contributed by atoms with van der Waals surface area (Å²) in [6.07, 6.45) is 4.98. The molecular weight excluding hydrogens is 344 g/mol. The molecule has 0 unspecified atom stereocenters. The van der Waals surface area contributed by atoms with E-state index < -0.39 is 0 Å². The van der Waals surface area contributed by atoms with Crippen molar-refractivity contribution in [2.45, 2.75) is 26.7 Å². The van der Waals surface area contributed by atoms with E-state index in [1.54, 1.807) is 11.0 Å². The molecule has 22 heavy (non-hydrogen) atoms. The van der Waals surface area contributed by atoms with Crippen molar-refractivity contribution in [1.82, 2.24) is 10.2 Å². The standard InChI is InChI=1S/C17H23BrN2O2/c1-3-10-19-16(21)13-20(11-4-2)17(22)9-8-14-6-5-7-15(18)12-14/h5-9,12H,3-4,10-11,13H2,1-2H3,(H,19,21). The molecule has 0 aliphatic rings. The molecule has 0 aromatic heterocycles. The molecule has 1 rings (SSSR count). The van der Waals surface area contributed by atoms with E-state index in [0.717, 1.165) is 22.9 Å². The summed E-state index contributed by atoms with van der Waals surface area (Å²) in [5.74, 6) is -0.257. The van der Waals surface area contributed by atoms with Crippen LogP contribution in [0.5, 0.6) is 0 Å². The first kappa shape index (κ1) is 18.4. The van der Waals surface area contributed by atoms with Crippen LogP contribution in [0.25, 0.3) is 6.08 Å². The van der Waals surface area contributed by atoms with Gasteiger partial charge in [-0.1, -0.05) is 41.9 Å². The monoisotopic (exact) mass is 366 g/mol. The number of halogens is 1. The number of carbonyl (C=O) groups is 2. The molecule has 5 heteroatoms. The molecular formula is C17H23BrN2O2. The Morgan fingerprint density at radius 3 is 2.68 bits per heavy atom. The van der Waals surface area contributed by atoms with E-state index in [0.29, 0.717) is 13.1 Å². The van der Waals surface area contributed by atoms with E-state index in [2.05, 4.69) is 21.2 Å². The number of amides is 2. The zero-order chi connectivity index (χ0) is 16.4. The van der Waals surface area contributed by atoms with Gasteiger partial charge in [-0.05, 0) is 36.6 Å². The number of rotatable bonds is 8. The predicted octanol–water partition coefficient (Wildman–Crippen LogP) is 3.23. The molecule has 4 nitrogen and oxygen atoms in total. The van der Waals surface area contributed by atoms with Crippen molar-refractivity contribution in [1.29, 1.82) is 0 Å². The van der Waals surface area contributed by atoms with Crippen LogP contribution in [-0.4, -0.2) is 36.3 Å². The van der Waals surface area contributed by atoms with Crippen LogP contribution in [0.1, 0.15) is 32.3 Å². The second-order valence-electron chi connectivity index (χ2n) is 5.00. The Morgan fingerprint density at radius 1 is 1.27 bits per heavy atom. The maximum absolute atomic E-state index is 12.2. The predicted molar refractivity (Wildman–Crippen MR) is 93.3 cm³/mol. The molecule has 0 heterocycles. The second kappa shape index (κ2) is 10.2. The van der Waals surface area contributed by atoms with Crippen molar-refractivity contribution in [3.05, 3.63) is 40.4 Å². The smallest absolute Gasteiger partial charge is 0.247 e. The molecule has 1 aromatic carbocycles. The maximum Gasteiger partial charge on any atom is 0.247 e. The average molecular weight is 367 g/mol. The molecule has 0 atom stereocenters. The summed E-state index contributed by atoms with van der Waals surface area (Å²) in [7, 11) is 0. The van der Waals surface area contributed by atoms with Crippen LogP contribution in [0, 0.1) is 0 Å². The Balaban J connectivity index is 2.66. The molecule has 0 spiro atoms. The van der Waals surface area contributed by atoms with Gasteiger partial charge in [0.25, 0.3) is 0 Å². The minimum Gasteiger partial charge on any atom is -0.355 e. The third-order valence-corrected chi connectivity index (χ3v) is 3.47. The molecule has 0 aliphatic carbocycles.